The lowest BCUT2D eigenvalue weighted by molar-refractivity contribution is -0.121. The molecule has 4 N–H and O–H groups in total. The summed E-state index contributed by atoms with van der Waals surface area (Å²) in [6.45, 7) is 2.54. The molecule has 152 valence electrons. The normalized spacial score (nSPS) is 15.6. The topological polar surface area (TPSA) is 87.7 Å². The standard InChI is InChI=1S/C23H33N3O2/c1-2-21(23(24)26-28)17-13-10-14-18-22(27)25-19-20-15-11-8-6-4-3-5-7-9-12-16-20/h3-9,11-12,15-16,21,28H,2,10,13-14,17-19H2,1H3,(H2,24,26)(H,25,27). The number of nitrogens with two attached hydrogens (primary N) is 1. The second kappa shape index (κ2) is 15.3. The summed E-state index contributed by atoms with van der Waals surface area (Å²) in [5, 5.41) is 14.8. The molecule has 1 aliphatic carbocycles. The van der Waals surface area contributed by atoms with Gasteiger partial charge in [0, 0.05) is 18.9 Å². The maximum atomic E-state index is 12.1. The first kappa shape index (κ1) is 23.2. The van der Waals surface area contributed by atoms with Gasteiger partial charge in [0.25, 0.3) is 0 Å². The van der Waals surface area contributed by atoms with Crippen LogP contribution in [0.3, 0.4) is 0 Å². The number of nitrogens with zero attached hydrogens (tertiary/aromatic N) is 1. The van der Waals surface area contributed by atoms with E-state index in [9.17, 15) is 4.79 Å². The maximum Gasteiger partial charge on any atom is 0.220 e. The van der Waals surface area contributed by atoms with Crippen molar-refractivity contribution in [3.63, 3.8) is 0 Å². The minimum atomic E-state index is 0.0613. The average Bonchev–Trinajstić information content (AvgIpc) is 2.69. The molecular weight excluding hydrogens is 350 g/mol. The van der Waals surface area contributed by atoms with Gasteiger partial charge in [0.05, 0.1) is 0 Å². The lowest BCUT2D eigenvalue weighted by Gasteiger charge is -2.12. The third-order valence-corrected chi connectivity index (χ3v) is 4.48. The van der Waals surface area contributed by atoms with E-state index in [2.05, 4.69) is 10.5 Å². The number of amidine groups is 1. The molecule has 0 aliphatic heterocycles. The molecule has 0 fully saturated rings. The van der Waals surface area contributed by atoms with Gasteiger partial charge in [-0.1, -0.05) is 91.8 Å². The van der Waals surface area contributed by atoms with Gasteiger partial charge in [-0.3, -0.25) is 4.79 Å². The Bertz CT molecular complexity index is 667. The zero-order chi connectivity index (χ0) is 20.5. The van der Waals surface area contributed by atoms with Gasteiger partial charge in [0.2, 0.25) is 5.91 Å². The molecular formula is C23H33N3O2. The van der Waals surface area contributed by atoms with Crippen LogP contribution in [0.4, 0.5) is 0 Å². The Morgan fingerprint density at radius 2 is 1.68 bits per heavy atom. The fraction of sp³-hybridized carbons (Fsp3) is 0.391. The predicted octanol–water partition coefficient (Wildman–Crippen LogP) is 4.55. The fourth-order valence-electron chi connectivity index (χ4n) is 2.77. The molecule has 1 unspecified atom stereocenters. The Balaban J connectivity index is 2.32. The fourth-order valence-corrected chi connectivity index (χ4v) is 2.77. The number of allylic oxidation sites excluding steroid dienone is 10. The molecule has 0 bridgehead atoms. The summed E-state index contributed by atoms with van der Waals surface area (Å²) >= 11 is 0. The molecule has 0 saturated carbocycles. The van der Waals surface area contributed by atoms with E-state index >= 15 is 0 Å². The summed E-state index contributed by atoms with van der Waals surface area (Å²) in [7, 11) is 0. The molecule has 0 aromatic rings. The zero-order valence-electron chi connectivity index (χ0n) is 16.8. The number of rotatable bonds is 10. The van der Waals surface area contributed by atoms with Crippen LogP contribution in [-0.4, -0.2) is 23.5 Å². The molecule has 0 aromatic carbocycles. The molecule has 0 aromatic heterocycles. The van der Waals surface area contributed by atoms with Crippen LogP contribution in [0.1, 0.15) is 45.4 Å². The largest absolute Gasteiger partial charge is 0.409 e. The van der Waals surface area contributed by atoms with Crippen LogP contribution in [0.5, 0.6) is 0 Å². The number of hydrogen-bond acceptors (Lipinski definition) is 3. The van der Waals surface area contributed by atoms with Gasteiger partial charge in [0.1, 0.15) is 5.84 Å². The predicted molar refractivity (Wildman–Crippen MR) is 117 cm³/mol. The van der Waals surface area contributed by atoms with E-state index in [1.807, 2.05) is 73.8 Å². The van der Waals surface area contributed by atoms with E-state index in [1.54, 1.807) is 0 Å². The Morgan fingerprint density at radius 3 is 2.32 bits per heavy atom. The van der Waals surface area contributed by atoms with Crippen molar-refractivity contribution in [3.8, 4) is 0 Å². The van der Waals surface area contributed by atoms with Crippen molar-refractivity contribution >= 4 is 11.7 Å². The Labute approximate surface area is 168 Å². The van der Waals surface area contributed by atoms with Crippen molar-refractivity contribution in [1.82, 2.24) is 5.32 Å². The lowest BCUT2D eigenvalue weighted by Crippen LogP contribution is -2.25. The van der Waals surface area contributed by atoms with E-state index in [0.29, 0.717) is 18.8 Å². The Morgan fingerprint density at radius 1 is 1.04 bits per heavy atom. The minimum Gasteiger partial charge on any atom is -0.409 e. The van der Waals surface area contributed by atoms with Crippen LogP contribution in [0.2, 0.25) is 0 Å². The molecule has 0 saturated heterocycles. The smallest absolute Gasteiger partial charge is 0.220 e. The van der Waals surface area contributed by atoms with Crippen molar-refractivity contribution in [1.29, 1.82) is 0 Å². The van der Waals surface area contributed by atoms with Crippen molar-refractivity contribution in [3.05, 3.63) is 72.4 Å². The van der Waals surface area contributed by atoms with Crippen molar-refractivity contribution in [2.45, 2.75) is 45.4 Å². The molecule has 5 heteroatoms. The molecule has 1 rings (SSSR count). The molecule has 28 heavy (non-hydrogen) atoms. The molecule has 1 atom stereocenters. The molecule has 0 spiro atoms. The zero-order valence-corrected chi connectivity index (χ0v) is 16.8. The SMILES string of the molecule is CCC(CCCCCC(=O)NCC1=CC=CC=CC=CC=CC=C1)C(N)=NO. The second-order valence-electron chi connectivity index (χ2n) is 6.65. The number of hydrogen-bond donors (Lipinski definition) is 3. The minimum absolute atomic E-state index is 0.0613. The molecule has 0 heterocycles. The van der Waals surface area contributed by atoms with Gasteiger partial charge in [-0.15, -0.1) is 0 Å². The van der Waals surface area contributed by atoms with Gasteiger partial charge in [-0.05, 0) is 24.8 Å². The molecule has 0 radical (unpaired) electrons. The van der Waals surface area contributed by atoms with E-state index in [4.69, 9.17) is 10.9 Å². The van der Waals surface area contributed by atoms with Crippen LogP contribution in [-0.2, 0) is 4.79 Å². The quantitative estimate of drug-likeness (QED) is 0.170. The van der Waals surface area contributed by atoms with Crippen LogP contribution < -0.4 is 11.1 Å². The lowest BCUT2D eigenvalue weighted by atomic mass is 9.97. The summed E-state index contributed by atoms with van der Waals surface area (Å²) in [6.07, 6.45) is 26.7. The first-order valence-corrected chi connectivity index (χ1v) is 9.95. The molecule has 1 aliphatic rings. The van der Waals surface area contributed by atoms with Crippen LogP contribution >= 0.6 is 0 Å². The van der Waals surface area contributed by atoms with E-state index in [1.165, 1.54) is 0 Å². The average molecular weight is 384 g/mol. The maximum absolute atomic E-state index is 12.1. The van der Waals surface area contributed by atoms with Crippen LogP contribution in [0, 0.1) is 5.92 Å². The van der Waals surface area contributed by atoms with E-state index in [0.717, 1.165) is 37.7 Å². The highest BCUT2D eigenvalue weighted by Crippen LogP contribution is 2.14. The van der Waals surface area contributed by atoms with Crippen LogP contribution in [0.25, 0.3) is 0 Å². The van der Waals surface area contributed by atoms with E-state index < -0.39 is 0 Å². The van der Waals surface area contributed by atoms with Crippen molar-refractivity contribution < 1.29 is 10.0 Å². The van der Waals surface area contributed by atoms with Crippen LogP contribution in [0.15, 0.2) is 77.6 Å². The number of carbonyl (C=O) groups is 1. The van der Waals surface area contributed by atoms with Crippen molar-refractivity contribution in [2.75, 3.05) is 6.54 Å². The Kier molecular flexibility index (Phi) is 12.7. The summed E-state index contributed by atoms with van der Waals surface area (Å²) < 4.78 is 0. The highest BCUT2D eigenvalue weighted by atomic mass is 16.4. The number of amides is 1. The Hall–Kier alpha value is -2.82. The van der Waals surface area contributed by atoms with Gasteiger partial charge < -0.3 is 16.3 Å². The van der Waals surface area contributed by atoms with Gasteiger partial charge in [0.15, 0.2) is 0 Å². The highest BCUT2D eigenvalue weighted by molar-refractivity contribution is 5.82. The number of oxime groups is 1. The number of carbonyl (C=O) groups excluding carboxylic acids is 1. The summed E-state index contributed by atoms with van der Waals surface area (Å²) in [5.74, 6) is 0.478. The molecule has 1 amide bonds. The summed E-state index contributed by atoms with van der Waals surface area (Å²) in [6, 6.07) is 0. The highest BCUT2D eigenvalue weighted by Gasteiger charge is 2.11. The third kappa shape index (κ3) is 11.0. The van der Waals surface area contributed by atoms with Gasteiger partial charge in [-0.25, -0.2) is 0 Å². The summed E-state index contributed by atoms with van der Waals surface area (Å²) in [5.41, 5.74) is 6.70. The first-order valence-electron chi connectivity index (χ1n) is 9.95. The van der Waals surface area contributed by atoms with Gasteiger partial charge >= 0.3 is 0 Å². The summed E-state index contributed by atoms with van der Waals surface area (Å²) in [4.78, 5) is 12.1. The van der Waals surface area contributed by atoms with Gasteiger partial charge in [-0.2, -0.15) is 0 Å². The monoisotopic (exact) mass is 383 g/mol. The number of unbranched alkanes of at least 4 members (excludes halogenated alkanes) is 2. The third-order valence-electron chi connectivity index (χ3n) is 4.48. The molecule has 5 nitrogen and oxygen atoms in total. The number of nitrogens with one attached hydrogen (secondary N) is 1. The first-order chi connectivity index (χ1) is 13.7. The van der Waals surface area contributed by atoms with E-state index in [-0.39, 0.29) is 11.8 Å². The van der Waals surface area contributed by atoms with Crippen molar-refractivity contribution in [2.24, 2.45) is 16.8 Å². The second-order valence-corrected chi connectivity index (χ2v) is 6.65.